The number of aliphatic hydroxyl groups is 1. The molecule has 70 valence electrons. The zero-order chi connectivity index (χ0) is 9.72. The standard InChI is InChI=1S/C7H15NO2.C2H2/c1-4-5(2)10-7(9)3-6(4)8;1-2/h4-7,9H,3,8H2,1-2H3;1-2H/t4?,5?,6?,7-;/m1./s1. The highest BCUT2D eigenvalue weighted by atomic mass is 16.6. The average Bonchev–Trinajstić information content (AvgIpc) is 2.04. The Kier molecular flexibility index (Phi) is 4.91. The van der Waals surface area contributed by atoms with E-state index in [1.165, 1.54) is 0 Å². The largest absolute Gasteiger partial charge is 0.368 e. The van der Waals surface area contributed by atoms with Gasteiger partial charge in [0.1, 0.15) is 0 Å². The summed E-state index contributed by atoms with van der Waals surface area (Å²) in [4.78, 5) is 0. The second-order valence-electron chi connectivity index (χ2n) is 3.05. The molecule has 0 saturated carbocycles. The maximum Gasteiger partial charge on any atom is 0.156 e. The predicted molar refractivity (Wildman–Crippen MR) is 48.2 cm³/mol. The molecular formula is C9H17NO2. The molecule has 3 unspecified atom stereocenters. The van der Waals surface area contributed by atoms with Gasteiger partial charge in [0.05, 0.1) is 6.10 Å². The summed E-state index contributed by atoms with van der Waals surface area (Å²) >= 11 is 0. The van der Waals surface area contributed by atoms with E-state index in [1.807, 2.05) is 13.8 Å². The van der Waals surface area contributed by atoms with E-state index >= 15 is 0 Å². The average molecular weight is 171 g/mol. The van der Waals surface area contributed by atoms with Crippen LogP contribution in [0.3, 0.4) is 0 Å². The summed E-state index contributed by atoms with van der Waals surface area (Å²) in [6.45, 7) is 3.98. The van der Waals surface area contributed by atoms with Crippen LogP contribution in [0, 0.1) is 18.8 Å². The number of aliphatic hydroxyl groups excluding tert-OH is 1. The van der Waals surface area contributed by atoms with Crippen LogP contribution in [0.4, 0.5) is 0 Å². The van der Waals surface area contributed by atoms with Gasteiger partial charge in [0.2, 0.25) is 0 Å². The Morgan fingerprint density at radius 1 is 1.42 bits per heavy atom. The van der Waals surface area contributed by atoms with Crippen LogP contribution in [0.1, 0.15) is 20.3 Å². The Morgan fingerprint density at radius 2 is 1.92 bits per heavy atom. The van der Waals surface area contributed by atoms with Gasteiger partial charge < -0.3 is 15.6 Å². The quantitative estimate of drug-likeness (QED) is 0.516. The van der Waals surface area contributed by atoms with E-state index in [0.29, 0.717) is 12.3 Å². The van der Waals surface area contributed by atoms with Gasteiger partial charge in [0.25, 0.3) is 0 Å². The minimum absolute atomic E-state index is 0.0822. The molecule has 4 atom stereocenters. The Hall–Kier alpha value is -0.560. The molecular weight excluding hydrogens is 154 g/mol. The van der Waals surface area contributed by atoms with E-state index in [4.69, 9.17) is 15.6 Å². The van der Waals surface area contributed by atoms with Crippen molar-refractivity contribution in [3.63, 3.8) is 0 Å². The molecule has 1 aliphatic rings. The van der Waals surface area contributed by atoms with Crippen molar-refractivity contribution in [2.75, 3.05) is 0 Å². The molecule has 3 heteroatoms. The maximum absolute atomic E-state index is 9.07. The monoisotopic (exact) mass is 171 g/mol. The SMILES string of the molecule is C#C.CC1O[C@@H](O)CC(N)C1C. The minimum atomic E-state index is -0.652. The highest BCUT2D eigenvalue weighted by Gasteiger charge is 2.29. The first kappa shape index (κ1) is 11.4. The smallest absolute Gasteiger partial charge is 0.156 e. The van der Waals surface area contributed by atoms with Crippen LogP contribution in [-0.4, -0.2) is 23.5 Å². The number of nitrogens with two attached hydrogens (primary N) is 1. The van der Waals surface area contributed by atoms with Crippen molar-refractivity contribution in [3.05, 3.63) is 0 Å². The van der Waals surface area contributed by atoms with Crippen LogP contribution in [0.25, 0.3) is 0 Å². The van der Waals surface area contributed by atoms with E-state index < -0.39 is 6.29 Å². The third-order valence-corrected chi connectivity index (χ3v) is 2.26. The zero-order valence-electron chi connectivity index (χ0n) is 7.60. The fourth-order valence-electron chi connectivity index (χ4n) is 1.22. The van der Waals surface area contributed by atoms with E-state index in [-0.39, 0.29) is 12.1 Å². The lowest BCUT2D eigenvalue weighted by atomic mass is 9.92. The van der Waals surface area contributed by atoms with Gasteiger partial charge >= 0.3 is 0 Å². The fraction of sp³-hybridized carbons (Fsp3) is 0.778. The molecule has 0 amide bonds. The highest BCUT2D eigenvalue weighted by molar-refractivity contribution is 4.79. The molecule has 1 fully saturated rings. The lowest BCUT2D eigenvalue weighted by Gasteiger charge is -2.34. The zero-order valence-corrected chi connectivity index (χ0v) is 7.60. The van der Waals surface area contributed by atoms with Crippen molar-refractivity contribution < 1.29 is 9.84 Å². The van der Waals surface area contributed by atoms with E-state index in [2.05, 4.69) is 12.8 Å². The van der Waals surface area contributed by atoms with Crippen molar-refractivity contribution in [2.45, 2.75) is 38.7 Å². The molecule has 0 aromatic rings. The molecule has 3 nitrogen and oxygen atoms in total. The Labute approximate surface area is 73.9 Å². The van der Waals surface area contributed by atoms with Gasteiger partial charge in [0.15, 0.2) is 6.29 Å². The minimum Gasteiger partial charge on any atom is -0.368 e. The van der Waals surface area contributed by atoms with Crippen LogP contribution >= 0.6 is 0 Å². The second kappa shape index (κ2) is 5.15. The molecule has 1 heterocycles. The first-order chi connectivity index (χ1) is 5.61. The van der Waals surface area contributed by atoms with Crippen LogP contribution in [0.2, 0.25) is 0 Å². The van der Waals surface area contributed by atoms with Crippen molar-refractivity contribution in [2.24, 2.45) is 11.7 Å². The van der Waals surface area contributed by atoms with E-state index in [0.717, 1.165) is 0 Å². The van der Waals surface area contributed by atoms with Crippen LogP contribution < -0.4 is 5.73 Å². The lowest BCUT2D eigenvalue weighted by molar-refractivity contribution is -0.179. The highest BCUT2D eigenvalue weighted by Crippen LogP contribution is 2.21. The number of hydrogen-bond acceptors (Lipinski definition) is 3. The maximum atomic E-state index is 9.07. The van der Waals surface area contributed by atoms with Gasteiger partial charge in [-0.1, -0.05) is 6.92 Å². The van der Waals surface area contributed by atoms with Gasteiger partial charge in [0, 0.05) is 12.5 Å². The number of ether oxygens (including phenoxy) is 1. The number of hydrogen-bond donors (Lipinski definition) is 2. The Balaban J connectivity index is 0.000000561. The van der Waals surface area contributed by atoms with E-state index in [1.54, 1.807) is 0 Å². The molecule has 0 aromatic carbocycles. The topological polar surface area (TPSA) is 55.5 Å². The molecule has 0 radical (unpaired) electrons. The molecule has 0 bridgehead atoms. The third-order valence-electron chi connectivity index (χ3n) is 2.26. The molecule has 1 saturated heterocycles. The van der Waals surface area contributed by atoms with Gasteiger partial charge in [-0.3, -0.25) is 0 Å². The third kappa shape index (κ3) is 2.82. The summed E-state index contributed by atoms with van der Waals surface area (Å²) in [5, 5.41) is 9.07. The van der Waals surface area contributed by atoms with Crippen LogP contribution in [0.5, 0.6) is 0 Å². The van der Waals surface area contributed by atoms with Crippen molar-refractivity contribution in [1.82, 2.24) is 0 Å². The Bertz CT molecular complexity index is 135. The second-order valence-corrected chi connectivity index (χ2v) is 3.05. The summed E-state index contributed by atoms with van der Waals surface area (Å²) in [5.41, 5.74) is 5.72. The number of rotatable bonds is 0. The summed E-state index contributed by atoms with van der Waals surface area (Å²) in [7, 11) is 0. The summed E-state index contributed by atoms with van der Waals surface area (Å²) < 4.78 is 5.14. The lowest BCUT2D eigenvalue weighted by Crippen LogP contribution is -2.45. The van der Waals surface area contributed by atoms with Crippen molar-refractivity contribution >= 4 is 0 Å². The Morgan fingerprint density at radius 3 is 2.33 bits per heavy atom. The van der Waals surface area contributed by atoms with Gasteiger partial charge in [-0.25, -0.2) is 0 Å². The van der Waals surface area contributed by atoms with Gasteiger partial charge in [-0.05, 0) is 12.8 Å². The summed E-state index contributed by atoms with van der Waals surface area (Å²) in [5.74, 6) is 0.350. The fourth-order valence-corrected chi connectivity index (χ4v) is 1.22. The normalized spacial score (nSPS) is 41.2. The molecule has 0 aliphatic carbocycles. The van der Waals surface area contributed by atoms with Crippen LogP contribution in [0.15, 0.2) is 0 Å². The molecule has 0 spiro atoms. The first-order valence-electron chi connectivity index (χ1n) is 4.03. The predicted octanol–water partition coefficient (Wildman–Crippen LogP) is 0.326. The van der Waals surface area contributed by atoms with Crippen molar-refractivity contribution in [1.29, 1.82) is 0 Å². The van der Waals surface area contributed by atoms with Gasteiger partial charge in [-0.2, -0.15) is 0 Å². The van der Waals surface area contributed by atoms with Crippen molar-refractivity contribution in [3.8, 4) is 12.8 Å². The van der Waals surface area contributed by atoms with E-state index in [9.17, 15) is 0 Å². The van der Waals surface area contributed by atoms with Gasteiger partial charge in [-0.15, -0.1) is 12.8 Å². The molecule has 1 aliphatic heterocycles. The summed E-state index contributed by atoms with van der Waals surface area (Å²) in [6.07, 6.45) is 7.99. The molecule has 3 N–H and O–H groups in total. The molecule has 12 heavy (non-hydrogen) atoms. The number of terminal acetylenes is 1. The molecule has 1 rings (SSSR count). The summed E-state index contributed by atoms with van der Waals surface area (Å²) in [6, 6.07) is 0.0822. The van der Waals surface area contributed by atoms with Crippen LogP contribution in [-0.2, 0) is 4.74 Å². The molecule has 0 aromatic heterocycles. The first-order valence-corrected chi connectivity index (χ1v) is 4.03.